The van der Waals surface area contributed by atoms with Crippen LogP contribution in [0.4, 0.5) is 5.69 Å². The molecule has 2 N–H and O–H groups in total. The van der Waals surface area contributed by atoms with E-state index in [0.29, 0.717) is 18.0 Å². The highest BCUT2D eigenvalue weighted by atomic mass is 16.5. The van der Waals surface area contributed by atoms with Crippen LogP contribution in [0.2, 0.25) is 0 Å². The molecule has 2 rings (SSSR count). The van der Waals surface area contributed by atoms with Crippen molar-refractivity contribution in [1.82, 2.24) is 4.57 Å². The molecule has 1 aromatic rings. The van der Waals surface area contributed by atoms with Crippen LogP contribution >= 0.6 is 0 Å². The van der Waals surface area contributed by atoms with Gasteiger partial charge >= 0.3 is 5.97 Å². The van der Waals surface area contributed by atoms with Crippen LogP contribution in [0.5, 0.6) is 0 Å². The molecule has 0 unspecified atom stereocenters. The Morgan fingerprint density at radius 2 is 2.27 bits per heavy atom. The van der Waals surface area contributed by atoms with Crippen LogP contribution in [0.25, 0.3) is 0 Å². The van der Waals surface area contributed by atoms with Gasteiger partial charge in [-0.15, -0.1) is 0 Å². The first-order valence-corrected chi connectivity index (χ1v) is 5.29. The van der Waals surface area contributed by atoms with Gasteiger partial charge in [-0.2, -0.15) is 0 Å². The third-order valence-electron chi connectivity index (χ3n) is 2.98. The molecular formula is C11H16N2O2. The standard InChI is InChI=1S/C11H16N2O2/c1-3-15-11(14)10-9(12)7-5-4-6-8(7)13(10)2/h3-6,12H2,1-2H3. The number of fused-ring (bicyclic) bond motifs is 1. The number of nitrogens with zero attached hydrogens (tertiary/aromatic N) is 1. The van der Waals surface area contributed by atoms with E-state index in [1.165, 1.54) is 5.69 Å². The minimum atomic E-state index is -0.313. The van der Waals surface area contributed by atoms with Gasteiger partial charge in [0.05, 0.1) is 12.3 Å². The van der Waals surface area contributed by atoms with Gasteiger partial charge < -0.3 is 15.0 Å². The molecule has 0 saturated carbocycles. The maximum absolute atomic E-state index is 11.7. The van der Waals surface area contributed by atoms with Crippen molar-refractivity contribution >= 4 is 11.7 Å². The zero-order valence-corrected chi connectivity index (χ0v) is 9.17. The Morgan fingerprint density at radius 3 is 2.87 bits per heavy atom. The molecule has 0 amide bonds. The minimum Gasteiger partial charge on any atom is -0.461 e. The lowest BCUT2D eigenvalue weighted by Crippen LogP contribution is -2.13. The molecule has 0 aliphatic heterocycles. The Labute approximate surface area is 89.0 Å². The highest BCUT2D eigenvalue weighted by molar-refractivity contribution is 5.95. The van der Waals surface area contributed by atoms with Gasteiger partial charge in [-0.1, -0.05) is 0 Å². The number of aromatic nitrogens is 1. The van der Waals surface area contributed by atoms with E-state index in [0.717, 1.165) is 24.8 Å². The van der Waals surface area contributed by atoms with E-state index in [9.17, 15) is 4.79 Å². The molecule has 0 aromatic carbocycles. The van der Waals surface area contributed by atoms with Gasteiger partial charge in [-0.3, -0.25) is 0 Å². The van der Waals surface area contributed by atoms with Gasteiger partial charge in [0, 0.05) is 12.7 Å². The van der Waals surface area contributed by atoms with Gasteiger partial charge in [-0.25, -0.2) is 4.79 Å². The number of nitrogen functional groups attached to an aromatic ring is 1. The molecule has 4 nitrogen and oxygen atoms in total. The SMILES string of the molecule is CCOC(=O)c1c(N)c2c(n1C)CCC2. The van der Waals surface area contributed by atoms with Crippen molar-refractivity contribution in [3.05, 3.63) is 17.0 Å². The summed E-state index contributed by atoms with van der Waals surface area (Å²) < 4.78 is 6.87. The topological polar surface area (TPSA) is 57.2 Å². The van der Waals surface area contributed by atoms with Crippen LogP contribution in [0.1, 0.15) is 35.1 Å². The predicted octanol–water partition coefficient (Wildman–Crippen LogP) is 1.27. The summed E-state index contributed by atoms with van der Waals surface area (Å²) in [5.74, 6) is -0.313. The normalized spacial score (nSPS) is 14.0. The van der Waals surface area contributed by atoms with Crippen LogP contribution in [0.3, 0.4) is 0 Å². The number of hydrogen-bond acceptors (Lipinski definition) is 3. The van der Waals surface area contributed by atoms with Gasteiger partial charge in [0.15, 0.2) is 5.69 Å². The first kappa shape index (κ1) is 10.1. The second kappa shape index (κ2) is 3.61. The number of carbonyl (C=O) groups is 1. The number of hydrogen-bond donors (Lipinski definition) is 1. The second-order valence-electron chi connectivity index (χ2n) is 3.82. The van der Waals surface area contributed by atoms with Crippen LogP contribution in [0, 0.1) is 0 Å². The van der Waals surface area contributed by atoms with E-state index in [1.54, 1.807) is 6.92 Å². The molecule has 1 aromatic heterocycles. The number of esters is 1. The zero-order valence-electron chi connectivity index (χ0n) is 9.17. The van der Waals surface area contributed by atoms with Crippen molar-refractivity contribution in [2.45, 2.75) is 26.2 Å². The summed E-state index contributed by atoms with van der Waals surface area (Å²) in [5.41, 5.74) is 9.42. The highest BCUT2D eigenvalue weighted by Gasteiger charge is 2.26. The summed E-state index contributed by atoms with van der Waals surface area (Å²) in [5, 5.41) is 0. The Kier molecular flexibility index (Phi) is 2.42. The summed E-state index contributed by atoms with van der Waals surface area (Å²) in [7, 11) is 1.88. The molecule has 4 heteroatoms. The molecule has 1 aliphatic carbocycles. The second-order valence-corrected chi connectivity index (χ2v) is 3.82. The van der Waals surface area contributed by atoms with Crippen molar-refractivity contribution in [3.8, 4) is 0 Å². The minimum absolute atomic E-state index is 0.313. The third-order valence-corrected chi connectivity index (χ3v) is 2.98. The van der Waals surface area contributed by atoms with Crippen LogP contribution in [-0.2, 0) is 24.6 Å². The van der Waals surface area contributed by atoms with E-state index in [1.807, 2.05) is 11.6 Å². The van der Waals surface area contributed by atoms with Crippen molar-refractivity contribution in [2.24, 2.45) is 7.05 Å². The molecule has 0 saturated heterocycles. The maximum atomic E-state index is 11.7. The van der Waals surface area contributed by atoms with E-state index in [2.05, 4.69) is 0 Å². The lowest BCUT2D eigenvalue weighted by atomic mass is 10.2. The smallest absolute Gasteiger partial charge is 0.357 e. The van der Waals surface area contributed by atoms with Gasteiger partial charge in [0.2, 0.25) is 0 Å². The van der Waals surface area contributed by atoms with E-state index in [4.69, 9.17) is 10.5 Å². The lowest BCUT2D eigenvalue weighted by molar-refractivity contribution is 0.0516. The van der Waals surface area contributed by atoms with Gasteiger partial charge in [0.25, 0.3) is 0 Å². The largest absolute Gasteiger partial charge is 0.461 e. The summed E-state index contributed by atoms with van der Waals surface area (Å²) >= 11 is 0. The van der Waals surface area contributed by atoms with E-state index in [-0.39, 0.29) is 5.97 Å². The van der Waals surface area contributed by atoms with E-state index < -0.39 is 0 Å². The molecule has 1 heterocycles. The highest BCUT2D eigenvalue weighted by Crippen LogP contribution is 2.32. The van der Waals surface area contributed by atoms with E-state index >= 15 is 0 Å². The quantitative estimate of drug-likeness (QED) is 0.745. The Balaban J connectivity index is 2.45. The monoisotopic (exact) mass is 208 g/mol. The molecule has 0 bridgehead atoms. The Bertz CT molecular complexity index is 380. The molecular weight excluding hydrogens is 192 g/mol. The number of nitrogens with two attached hydrogens (primary N) is 1. The average molecular weight is 208 g/mol. The molecule has 1 aliphatic rings. The van der Waals surface area contributed by atoms with Crippen molar-refractivity contribution in [3.63, 3.8) is 0 Å². The molecule has 0 radical (unpaired) electrons. The molecule has 0 fully saturated rings. The van der Waals surface area contributed by atoms with Crippen molar-refractivity contribution in [1.29, 1.82) is 0 Å². The summed E-state index contributed by atoms with van der Waals surface area (Å²) in [6, 6.07) is 0. The van der Waals surface area contributed by atoms with Crippen LogP contribution in [-0.4, -0.2) is 17.1 Å². The van der Waals surface area contributed by atoms with Crippen molar-refractivity contribution < 1.29 is 9.53 Å². The molecule has 82 valence electrons. The molecule has 0 spiro atoms. The molecule has 15 heavy (non-hydrogen) atoms. The first-order chi connectivity index (χ1) is 7.16. The van der Waals surface area contributed by atoms with Crippen molar-refractivity contribution in [2.75, 3.05) is 12.3 Å². The Morgan fingerprint density at radius 1 is 1.53 bits per heavy atom. The number of carbonyl (C=O) groups excluding carboxylic acids is 1. The molecule has 0 atom stereocenters. The summed E-state index contributed by atoms with van der Waals surface area (Å²) in [6.07, 6.45) is 3.12. The number of rotatable bonds is 2. The number of anilines is 1. The van der Waals surface area contributed by atoms with Gasteiger partial charge in [0.1, 0.15) is 0 Å². The van der Waals surface area contributed by atoms with Crippen LogP contribution < -0.4 is 5.73 Å². The fourth-order valence-corrected chi connectivity index (χ4v) is 2.29. The van der Waals surface area contributed by atoms with Crippen LogP contribution in [0.15, 0.2) is 0 Å². The van der Waals surface area contributed by atoms with Gasteiger partial charge in [-0.05, 0) is 31.7 Å². The fourth-order valence-electron chi connectivity index (χ4n) is 2.29. The maximum Gasteiger partial charge on any atom is 0.357 e. The zero-order chi connectivity index (χ0) is 11.0. The summed E-state index contributed by atoms with van der Waals surface area (Å²) in [6.45, 7) is 2.18. The first-order valence-electron chi connectivity index (χ1n) is 5.29. The number of ether oxygens (including phenoxy) is 1. The predicted molar refractivity (Wildman–Crippen MR) is 57.8 cm³/mol. The lowest BCUT2D eigenvalue weighted by Gasteiger charge is -2.06. The average Bonchev–Trinajstić information content (AvgIpc) is 2.72. The Hall–Kier alpha value is -1.45. The fraction of sp³-hybridized carbons (Fsp3) is 0.545. The summed E-state index contributed by atoms with van der Waals surface area (Å²) in [4.78, 5) is 11.7. The third kappa shape index (κ3) is 1.40.